The van der Waals surface area contributed by atoms with Gasteiger partial charge in [-0.2, -0.15) is 22.0 Å². The second-order valence-electron chi connectivity index (χ2n) is 15.8. The lowest BCUT2D eigenvalue weighted by Gasteiger charge is -2.28. The Morgan fingerprint density at radius 1 is 0.683 bits per heavy atom. The molecule has 11 nitrogen and oxygen atoms in total. The maximum Gasteiger partial charge on any atom is 0.417 e. The van der Waals surface area contributed by atoms with Crippen molar-refractivity contribution >= 4 is 23.5 Å². The van der Waals surface area contributed by atoms with Gasteiger partial charge >= 0.3 is 12.8 Å². The van der Waals surface area contributed by atoms with Crippen LogP contribution in [0.5, 0.6) is 5.88 Å². The fourth-order valence-electron chi connectivity index (χ4n) is 8.56. The molecule has 0 radical (unpaired) electrons. The molecule has 0 spiro atoms. The van der Waals surface area contributed by atoms with Crippen LogP contribution in [0.25, 0.3) is 0 Å². The number of piperidine rings is 2. The average Bonchev–Trinajstić information content (AvgIpc) is 3.94. The number of pyridine rings is 4. The van der Waals surface area contributed by atoms with E-state index in [2.05, 4.69) is 34.5 Å². The number of alkyl halides is 5. The quantitative estimate of drug-likeness (QED) is 0.133. The number of anilines is 2. The van der Waals surface area contributed by atoms with Crippen LogP contribution in [0.3, 0.4) is 0 Å². The first-order valence-corrected chi connectivity index (χ1v) is 20.9. The van der Waals surface area contributed by atoms with E-state index in [4.69, 9.17) is 0 Å². The molecule has 320 valence electrons. The summed E-state index contributed by atoms with van der Waals surface area (Å²) >= 11 is 0. The van der Waals surface area contributed by atoms with E-state index in [0.29, 0.717) is 49.7 Å². The highest BCUT2D eigenvalue weighted by molar-refractivity contribution is 5.94. The largest absolute Gasteiger partial charge is 0.417 e. The first kappa shape index (κ1) is 43.0. The van der Waals surface area contributed by atoms with Crippen molar-refractivity contribution in [2.24, 2.45) is 0 Å². The number of amides is 2. The molecule has 4 aromatic rings. The van der Waals surface area contributed by atoms with Crippen molar-refractivity contribution in [3.05, 3.63) is 101 Å². The molecular weight excluding hydrogens is 784 g/mol. The lowest BCUT2D eigenvalue weighted by Crippen LogP contribution is -2.37. The van der Waals surface area contributed by atoms with Crippen molar-refractivity contribution in [3.63, 3.8) is 0 Å². The number of hydrogen-bond acceptors (Lipinski definition) is 9. The molecule has 0 N–H and O–H groups in total. The number of ether oxygens (including phenoxy) is 1. The fourth-order valence-corrected chi connectivity index (χ4v) is 8.56. The van der Waals surface area contributed by atoms with Crippen LogP contribution in [-0.4, -0.2) is 101 Å². The highest BCUT2D eigenvalue weighted by Gasteiger charge is 2.34. The molecule has 2 unspecified atom stereocenters. The minimum Gasteiger partial charge on any atom is -0.417 e. The van der Waals surface area contributed by atoms with Gasteiger partial charge in [-0.05, 0) is 106 Å². The lowest BCUT2D eigenvalue weighted by molar-refractivity contribution is -0.137. The predicted molar refractivity (Wildman–Crippen MR) is 216 cm³/mol. The Morgan fingerprint density at radius 2 is 1.30 bits per heavy atom. The molecule has 8 heterocycles. The Hall–Kier alpha value is -5.09. The van der Waals surface area contributed by atoms with E-state index >= 15 is 0 Å². The molecule has 4 fully saturated rings. The summed E-state index contributed by atoms with van der Waals surface area (Å²) in [6, 6.07) is 16.0. The number of hydrogen-bond donors (Lipinski definition) is 0. The van der Waals surface area contributed by atoms with Gasteiger partial charge < -0.3 is 14.5 Å². The third kappa shape index (κ3) is 11.2. The van der Waals surface area contributed by atoms with Crippen molar-refractivity contribution in [2.45, 2.75) is 88.8 Å². The summed E-state index contributed by atoms with van der Waals surface area (Å²) in [6.07, 6.45) is 7.67. The zero-order chi connectivity index (χ0) is 42.1. The number of nitrogens with zero attached hydrogens (tertiary/aromatic N) is 8. The number of halogens is 5. The molecular formula is C44H51F5N8O3. The number of carbonyl (C=O) groups excluding carboxylic acids is 2. The molecule has 8 rings (SSSR count). The van der Waals surface area contributed by atoms with Crippen LogP contribution in [0.2, 0.25) is 0 Å². The van der Waals surface area contributed by atoms with Gasteiger partial charge in [0.2, 0.25) is 17.7 Å². The Morgan fingerprint density at radius 3 is 1.92 bits per heavy atom. The number of likely N-dealkylation sites (tertiary alicyclic amines) is 2. The van der Waals surface area contributed by atoms with Crippen LogP contribution >= 0.6 is 0 Å². The monoisotopic (exact) mass is 834 g/mol. The van der Waals surface area contributed by atoms with Crippen molar-refractivity contribution in [1.82, 2.24) is 29.7 Å². The van der Waals surface area contributed by atoms with E-state index in [9.17, 15) is 31.5 Å². The first-order valence-electron chi connectivity index (χ1n) is 20.9. The van der Waals surface area contributed by atoms with E-state index in [1.54, 1.807) is 23.4 Å². The number of carbonyl (C=O) groups is 2. The van der Waals surface area contributed by atoms with Crippen LogP contribution in [-0.2, 0) is 28.6 Å². The van der Waals surface area contributed by atoms with Crippen molar-refractivity contribution < 1.29 is 36.3 Å². The lowest BCUT2D eigenvalue weighted by atomic mass is 10.0. The molecule has 0 aromatic carbocycles. The molecule has 4 aliphatic rings. The Labute approximate surface area is 347 Å². The van der Waals surface area contributed by atoms with Gasteiger partial charge in [0.1, 0.15) is 11.6 Å². The topological polar surface area (TPSA) is 108 Å². The number of aromatic nitrogens is 4. The van der Waals surface area contributed by atoms with Crippen LogP contribution in [0, 0.1) is 0 Å². The summed E-state index contributed by atoms with van der Waals surface area (Å²) in [7, 11) is 0. The van der Waals surface area contributed by atoms with Crippen LogP contribution in [0.1, 0.15) is 91.3 Å². The summed E-state index contributed by atoms with van der Waals surface area (Å²) in [6.45, 7) is 3.31. The molecule has 2 atom stereocenters. The van der Waals surface area contributed by atoms with Crippen molar-refractivity contribution in [2.75, 3.05) is 62.2 Å². The van der Waals surface area contributed by atoms with Crippen molar-refractivity contribution in [3.8, 4) is 5.88 Å². The van der Waals surface area contributed by atoms with Crippen molar-refractivity contribution in [1.29, 1.82) is 0 Å². The fraction of sp³-hybridized carbons (Fsp3) is 0.500. The van der Waals surface area contributed by atoms with Crippen LogP contribution in [0.4, 0.5) is 33.6 Å². The molecule has 16 heteroatoms. The standard InChI is InChI=1S/C22H25F3N4O.C22H26F2N4O2/c23-22(24,25)18-13-16(21(27-14-18)29-10-4-2-6-20(29)30)7-11-28-12-8-17(15-28)19-5-1-3-9-26-19;23-22(24)30-19-7-3-6-18(26-19)17-10-14-27(15-17)13-9-16-5-4-11-25-21(16)28-12-2-1-8-20(28)29/h1,3,5,9,13-14,17H,2,4,6-8,10-12,15H2;3-7,11,17,22H,1-2,8-10,12-15H2. The molecule has 4 aromatic heterocycles. The van der Waals surface area contributed by atoms with Gasteiger partial charge in [0.05, 0.1) is 5.56 Å². The summed E-state index contributed by atoms with van der Waals surface area (Å²) in [4.78, 5) is 49.9. The zero-order valence-electron chi connectivity index (χ0n) is 33.6. The van der Waals surface area contributed by atoms with Gasteiger partial charge in [-0.1, -0.05) is 18.2 Å². The molecule has 0 aliphatic carbocycles. The van der Waals surface area contributed by atoms with Gasteiger partial charge in [-0.15, -0.1) is 0 Å². The zero-order valence-corrected chi connectivity index (χ0v) is 33.6. The molecule has 2 amide bonds. The third-order valence-corrected chi connectivity index (χ3v) is 11.7. The van der Waals surface area contributed by atoms with Gasteiger partial charge in [0.15, 0.2) is 0 Å². The van der Waals surface area contributed by atoms with E-state index < -0.39 is 18.4 Å². The maximum absolute atomic E-state index is 13.3. The summed E-state index contributed by atoms with van der Waals surface area (Å²) < 4.78 is 69.1. The van der Waals surface area contributed by atoms with E-state index in [1.807, 2.05) is 41.3 Å². The van der Waals surface area contributed by atoms with Crippen LogP contribution in [0.15, 0.2) is 73.2 Å². The Kier molecular flexibility index (Phi) is 14.3. The SMILES string of the molecule is O=C1CCCCN1c1ncc(C(F)(F)F)cc1CCN1CCC(c2ccccn2)C1.O=C1CCCCN1c1ncccc1CCN1CCC(c2cccc(OC(F)F)n2)C1. The van der Waals surface area contributed by atoms with E-state index in [0.717, 1.165) is 119 Å². The van der Waals surface area contributed by atoms with Crippen LogP contribution < -0.4 is 14.5 Å². The highest BCUT2D eigenvalue weighted by atomic mass is 19.4. The molecule has 0 bridgehead atoms. The maximum atomic E-state index is 13.3. The highest BCUT2D eigenvalue weighted by Crippen LogP contribution is 2.34. The van der Waals surface area contributed by atoms with E-state index in [-0.39, 0.29) is 23.6 Å². The molecule has 4 aliphatic heterocycles. The summed E-state index contributed by atoms with van der Waals surface area (Å²) in [5.74, 6) is 1.76. The normalized spacial score (nSPS) is 20.4. The second kappa shape index (κ2) is 20.0. The smallest absolute Gasteiger partial charge is 0.417 e. The predicted octanol–water partition coefficient (Wildman–Crippen LogP) is 7.67. The summed E-state index contributed by atoms with van der Waals surface area (Å²) in [5.41, 5.74) is 2.65. The minimum atomic E-state index is -4.45. The molecule has 4 saturated heterocycles. The third-order valence-electron chi connectivity index (χ3n) is 11.7. The van der Waals surface area contributed by atoms with Gasteiger partial charge in [-0.25, -0.2) is 15.0 Å². The second-order valence-corrected chi connectivity index (χ2v) is 15.8. The van der Waals surface area contributed by atoms with Gasteiger partial charge in [-0.3, -0.25) is 24.4 Å². The van der Waals surface area contributed by atoms with Gasteiger partial charge in [0.25, 0.3) is 0 Å². The Balaban J connectivity index is 0.000000181. The molecule has 0 saturated carbocycles. The summed E-state index contributed by atoms with van der Waals surface area (Å²) in [5, 5.41) is 0. The minimum absolute atomic E-state index is 0.0350. The average molecular weight is 835 g/mol. The molecule has 60 heavy (non-hydrogen) atoms. The van der Waals surface area contributed by atoms with Gasteiger partial charge in [0, 0.05) is 100.0 Å². The first-order chi connectivity index (χ1) is 29.0. The Bertz CT molecular complexity index is 2060. The number of rotatable bonds is 12. The van der Waals surface area contributed by atoms with E-state index in [1.165, 1.54) is 6.07 Å².